The van der Waals surface area contributed by atoms with Crippen LogP contribution in [0, 0.1) is 5.92 Å². The minimum Gasteiger partial charge on any atom is -0.379 e. The SMILES string of the molecule is CN=C(NCCOCC1CC1)NCC1(Sc2ccccc2)CC1. The van der Waals surface area contributed by atoms with E-state index in [-0.39, 0.29) is 0 Å². The number of hydrogen-bond acceptors (Lipinski definition) is 3. The monoisotopic (exact) mass is 333 g/mol. The molecule has 2 fully saturated rings. The lowest BCUT2D eigenvalue weighted by Crippen LogP contribution is -2.42. The van der Waals surface area contributed by atoms with Crippen LogP contribution < -0.4 is 10.6 Å². The van der Waals surface area contributed by atoms with Crippen molar-refractivity contribution in [1.82, 2.24) is 10.6 Å². The van der Waals surface area contributed by atoms with Gasteiger partial charge in [0, 0.05) is 36.4 Å². The molecule has 23 heavy (non-hydrogen) atoms. The highest BCUT2D eigenvalue weighted by molar-refractivity contribution is 8.01. The molecule has 2 saturated carbocycles. The van der Waals surface area contributed by atoms with Crippen molar-refractivity contribution in [2.24, 2.45) is 10.9 Å². The first-order valence-electron chi connectivity index (χ1n) is 8.56. The summed E-state index contributed by atoms with van der Waals surface area (Å²) in [6.45, 7) is 3.44. The summed E-state index contributed by atoms with van der Waals surface area (Å²) in [6, 6.07) is 10.7. The third kappa shape index (κ3) is 5.74. The molecular weight excluding hydrogens is 306 g/mol. The minimum atomic E-state index is 0.335. The average molecular weight is 334 g/mol. The van der Waals surface area contributed by atoms with Crippen molar-refractivity contribution in [2.75, 3.05) is 33.4 Å². The van der Waals surface area contributed by atoms with Crippen molar-refractivity contribution < 1.29 is 4.74 Å². The zero-order chi connectivity index (χ0) is 16.0. The summed E-state index contributed by atoms with van der Waals surface area (Å²) in [5, 5.41) is 6.80. The first-order valence-corrected chi connectivity index (χ1v) is 9.38. The van der Waals surface area contributed by atoms with E-state index in [1.807, 2.05) is 18.8 Å². The van der Waals surface area contributed by atoms with E-state index in [0.717, 1.165) is 38.2 Å². The summed E-state index contributed by atoms with van der Waals surface area (Å²) in [6.07, 6.45) is 5.22. The van der Waals surface area contributed by atoms with Crippen molar-refractivity contribution in [3.8, 4) is 0 Å². The van der Waals surface area contributed by atoms with E-state index in [2.05, 4.69) is 46.0 Å². The number of benzene rings is 1. The molecule has 1 aromatic rings. The summed E-state index contributed by atoms with van der Waals surface area (Å²) >= 11 is 1.98. The van der Waals surface area contributed by atoms with Crippen molar-refractivity contribution in [2.45, 2.75) is 35.3 Å². The first-order chi connectivity index (χ1) is 11.3. The number of guanidine groups is 1. The Morgan fingerprint density at radius 2 is 2.04 bits per heavy atom. The Bertz CT molecular complexity index is 512. The van der Waals surface area contributed by atoms with Gasteiger partial charge in [-0.05, 0) is 43.7 Å². The maximum atomic E-state index is 5.64. The zero-order valence-corrected chi connectivity index (χ0v) is 14.7. The minimum absolute atomic E-state index is 0.335. The Kier molecular flexibility index (Phi) is 5.84. The van der Waals surface area contributed by atoms with Gasteiger partial charge >= 0.3 is 0 Å². The van der Waals surface area contributed by atoms with Gasteiger partial charge in [-0.15, -0.1) is 11.8 Å². The van der Waals surface area contributed by atoms with Crippen molar-refractivity contribution in [3.63, 3.8) is 0 Å². The van der Waals surface area contributed by atoms with Crippen LogP contribution >= 0.6 is 11.8 Å². The summed E-state index contributed by atoms with van der Waals surface area (Å²) in [5.74, 6) is 1.71. The molecule has 0 heterocycles. The molecule has 0 spiro atoms. The fraction of sp³-hybridized carbons (Fsp3) is 0.611. The highest BCUT2D eigenvalue weighted by atomic mass is 32.2. The fourth-order valence-corrected chi connectivity index (χ4v) is 3.68. The van der Waals surface area contributed by atoms with Gasteiger partial charge in [-0.25, -0.2) is 0 Å². The van der Waals surface area contributed by atoms with E-state index in [1.54, 1.807) is 0 Å². The highest BCUT2D eigenvalue weighted by Gasteiger charge is 2.43. The maximum absolute atomic E-state index is 5.64. The molecule has 0 unspecified atom stereocenters. The summed E-state index contributed by atoms with van der Waals surface area (Å²) in [7, 11) is 1.82. The lowest BCUT2D eigenvalue weighted by molar-refractivity contribution is 0.129. The van der Waals surface area contributed by atoms with Gasteiger partial charge in [-0.3, -0.25) is 4.99 Å². The van der Waals surface area contributed by atoms with E-state index in [4.69, 9.17) is 4.74 Å². The number of aliphatic imine (C=N–C) groups is 1. The smallest absolute Gasteiger partial charge is 0.191 e. The van der Waals surface area contributed by atoms with E-state index in [9.17, 15) is 0 Å². The van der Waals surface area contributed by atoms with Crippen LogP contribution in [0.3, 0.4) is 0 Å². The van der Waals surface area contributed by atoms with E-state index < -0.39 is 0 Å². The quantitative estimate of drug-likeness (QED) is 0.414. The first kappa shape index (κ1) is 16.7. The predicted octanol–water partition coefficient (Wildman–Crippen LogP) is 2.90. The van der Waals surface area contributed by atoms with E-state index in [1.165, 1.54) is 30.6 Å². The van der Waals surface area contributed by atoms with Gasteiger partial charge in [0.1, 0.15) is 0 Å². The van der Waals surface area contributed by atoms with Gasteiger partial charge in [0.2, 0.25) is 0 Å². The third-order valence-electron chi connectivity index (χ3n) is 4.28. The number of nitrogens with one attached hydrogen (secondary N) is 2. The summed E-state index contributed by atoms with van der Waals surface area (Å²) in [4.78, 5) is 5.65. The topological polar surface area (TPSA) is 45.7 Å². The second kappa shape index (κ2) is 8.06. The second-order valence-corrected chi connectivity index (χ2v) is 8.01. The molecule has 4 nitrogen and oxygen atoms in total. The molecule has 0 aliphatic heterocycles. The molecule has 3 rings (SSSR count). The number of hydrogen-bond donors (Lipinski definition) is 2. The zero-order valence-electron chi connectivity index (χ0n) is 13.9. The molecule has 2 N–H and O–H groups in total. The Morgan fingerprint density at radius 1 is 1.26 bits per heavy atom. The van der Waals surface area contributed by atoms with Crippen LogP contribution in [0.2, 0.25) is 0 Å². The highest BCUT2D eigenvalue weighted by Crippen LogP contribution is 2.51. The normalized spacial score (nSPS) is 19.4. The van der Waals surface area contributed by atoms with Gasteiger partial charge in [0.25, 0.3) is 0 Å². The maximum Gasteiger partial charge on any atom is 0.191 e. The molecule has 0 saturated heterocycles. The third-order valence-corrected chi connectivity index (χ3v) is 5.77. The van der Waals surface area contributed by atoms with Crippen LogP contribution in [0.4, 0.5) is 0 Å². The Hall–Kier alpha value is -1.20. The number of ether oxygens (including phenoxy) is 1. The molecule has 126 valence electrons. The largest absolute Gasteiger partial charge is 0.379 e. The van der Waals surface area contributed by atoms with E-state index in [0.29, 0.717) is 4.75 Å². The van der Waals surface area contributed by atoms with Gasteiger partial charge < -0.3 is 15.4 Å². The van der Waals surface area contributed by atoms with Crippen LogP contribution in [-0.2, 0) is 4.74 Å². The molecule has 0 aromatic heterocycles. The molecule has 2 aliphatic rings. The van der Waals surface area contributed by atoms with Crippen LogP contribution in [0.25, 0.3) is 0 Å². The molecule has 5 heteroatoms. The van der Waals surface area contributed by atoms with Crippen molar-refractivity contribution >= 4 is 17.7 Å². The number of thioether (sulfide) groups is 1. The van der Waals surface area contributed by atoms with Crippen molar-refractivity contribution in [1.29, 1.82) is 0 Å². The Balaban J connectivity index is 1.34. The Labute approximate surface area is 143 Å². The lowest BCUT2D eigenvalue weighted by atomic mass is 10.4. The Morgan fingerprint density at radius 3 is 2.70 bits per heavy atom. The van der Waals surface area contributed by atoms with Crippen molar-refractivity contribution in [3.05, 3.63) is 30.3 Å². The molecule has 0 amide bonds. The lowest BCUT2D eigenvalue weighted by Gasteiger charge is -2.18. The summed E-state index contributed by atoms with van der Waals surface area (Å²) in [5.41, 5.74) is 0. The van der Waals surface area contributed by atoms with Crippen LogP contribution in [0.1, 0.15) is 25.7 Å². The predicted molar refractivity (Wildman–Crippen MR) is 97.2 cm³/mol. The van der Waals surface area contributed by atoms with Gasteiger partial charge in [0.05, 0.1) is 6.61 Å². The molecule has 0 bridgehead atoms. The van der Waals surface area contributed by atoms with Crippen LogP contribution in [-0.4, -0.2) is 44.1 Å². The molecule has 0 atom stereocenters. The van der Waals surface area contributed by atoms with Crippen LogP contribution in [0.5, 0.6) is 0 Å². The number of rotatable bonds is 9. The molecule has 0 radical (unpaired) electrons. The molecule has 1 aromatic carbocycles. The standard InChI is InChI=1S/C18H27N3OS/c1-19-17(20-11-12-22-13-15-7-8-15)21-14-18(9-10-18)23-16-5-3-2-4-6-16/h2-6,15H,7-14H2,1H3,(H2,19,20,21). The van der Waals surface area contributed by atoms with Crippen LogP contribution in [0.15, 0.2) is 40.2 Å². The van der Waals surface area contributed by atoms with E-state index >= 15 is 0 Å². The fourth-order valence-electron chi connectivity index (χ4n) is 2.43. The van der Waals surface area contributed by atoms with Gasteiger partial charge in [-0.1, -0.05) is 18.2 Å². The van der Waals surface area contributed by atoms with Gasteiger partial charge in [-0.2, -0.15) is 0 Å². The molecule has 2 aliphatic carbocycles. The average Bonchev–Trinajstić information content (AvgIpc) is 3.48. The summed E-state index contributed by atoms with van der Waals surface area (Å²) < 4.78 is 5.97. The second-order valence-electron chi connectivity index (χ2n) is 6.47. The van der Waals surface area contributed by atoms with Gasteiger partial charge in [0.15, 0.2) is 5.96 Å². The molecular formula is C18H27N3OS. The number of nitrogens with zero attached hydrogens (tertiary/aromatic N) is 1.